The molecule has 0 aliphatic heterocycles. The van der Waals surface area contributed by atoms with E-state index >= 15 is 0 Å². The van der Waals surface area contributed by atoms with Gasteiger partial charge < -0.3 is 14.0 Å². The fourth-order valence-corrected chi connectivity index (χ4v) is 2.78. The van der Waals surface area contributed by atoms with Gasteiger partial charge >= 0.3 is 5.97 Å². The summed E-state index contributed by atoms with van der Waals surface area (Å²) < 4.78 is 15.9. The zero-order chi connectivity index (χ0) is 21.5. The van der Waals surface area contributed by atoms with Crippen molar-refractivity contribution in [2.45, 2.75) is 20.3 Å². The summed E-state index contributed by atoms with van der Waals surface area (Å²) in [5.74, 6) is -0.426. The third-order valence-corrected chi connectivity index (χ3v) is 4.41. The van der Waals surface area contributed by atoms with Crippen LogP contribution in [0.2, 0.25) is 5.02 Å². The summed E-state index contributed by atoms with van der Waals surface area (Å²) in [6, 6.07) is 14.2. The number of aromatic nitrogens is 1. The van der Waals surface area contributed by atoms with Crippen molar-refractivity contribution >= 4 is 29.4 Å². The minimum absolute atomic E-state index is 0.0481. The minimum Gasteiger partial charge on any atom is -0.493 e. The highest BCUT2D eigenvalue weighted by Crippen LogP contribution is 2.30. The van der Waals surface area contributed by atoms with Gasteiger partial charge in [0.15, 0.2) is 5.56 Å². The number of amides is 1. The largest absolute Gasteiger partial charge is 0.493 e. The predicted octanol–water partition coefficient (Wildman–Crippen LogP) is 4.89. The van der Waals surface area contributed by atoms with Gasteiger partial charge in [-0.25, -0.2) is 4.79 Å². The van der Waals surface area contributed by atoms with E-state index in [1.807, 2.05) is 31.2 Å². The normalized spacial score (nSPS) is 10.5. The number of hydrogen-bond donors (Lipinski definition) is 1. The Bertz CT molecular complexity index is 1010. The summed E-state index contributed by atoms with van der Waals surface area (Å²) >= 11 is 5.92. The molecule has 1 aromatic heterocycles. The predicted molar refractivity (Wildman–Crippen MR) is 113 cm³/mol. The number of nitrogens with one attached hydrogen (secondary N) is 1. The fraction of sp³-hybridized carbons (Fsp3) is 0.227. The number of halogens is 1. The summed E-state index contributed by atoms with van der Waals surface area (Å²) in [5.41, 5.74) is 2.03. The quantitative estimate of drug-likeness (QED) is 0.514. The van der Waals surface area contributed by atoms with Crippen molar-refractivity contribution in [1.29, 1.82) is 0 Å². The monoisotopic (exact) mass is 428 g/mol. The maximum Gasteiger partial charge on any atom is 0.346 e. The molecule has 0 saturated carbocycles. The van der Waals surface area contributed by atoms with E-state index < -0.39 is 5.97 Å². The van der Waals surface area contributed by atoms with E-state index in [1.54, 1.807) is 31.2 Å². The highest BCUT2D eigenvalue weighted by atomic mass is 35.5. The number of anilines is 1. The molecule has 1 amide bonds. The molecule has 0 aliphatic rings. The van der Waals surface area contributed by atoms with Gasteiger partial charge in [0.25, 0.3) is 0 Å². The Hall–Kier alpha value is -3.32. The van der Waals surface area contributed by atoms with E-state index in [1.165, 1.54) is 0 Å². The Kier molecular flexibility index (Phi) is 7.08. The second-order valence-corrected chi connectivity index (χ2v) is 6.86. The number of hydrogen-bond acceptors (Lipinski definition) is 6. The SMILES string of the molecule is CCOC(=O)c1c(-c2ccc(Cl)cc2)noc1NC(=O)CCOc1ccc(C)cc1. The molecule has 8 heteroatoms. The fourth-order valence-electron chi connectivity index (χ4n) is 2.66. The lowest BCUT2D eigenvalue weighted by molar-refractivity contribution is -0.116. The lowest BCUT2D eigenvalue weighted by Crippen LogP contribution is -2.17. The number of esters is 1. The molecule has 0 radical (unpaired) electrons. The molecule has 1 N–H and O–H groups in total. The molecule has 2 aromatic carbocycles. The van der Waals surface area contributed by atoms with Crippen LogP contribution in [-0.2, 0) is 9.53 Å². The number of ether oxygens (including phenoxy) is 2. The second-order valence-electron chi connectivity index (χ2n) is 6.42. The van der Waals surface area contributed by atoms with Crippen LogP contribution in [0.25, 0.3) is 11.3 Å². The molecule has 0 fully saturated rings. The zero-order valence-corrected chi connectivity index (χ0v) is 17.4. The molecule has 3 rings (SSSR count). The van der Waals surface area contributed by atoms with Crippen molar-refractivity contribution in [3.05, 3.63) is 64.7 Å². The first kappa shape index (κ1) is 21.4. The molecule has 3 aromatic rings. The van der Waals surface area contributed by atoms with Crippen LogP contribution in [0.5, 0.6) is 5.75 Å². The number of carbonyl (C=O) groups excluding carboxylic acids is 2. The summed E-state index contributed by atoms with van der Waals surface area (Å²) in [5, 5.41) is 7.06. The Morgan fingerprint density at radius 3 is 2.47 bits per heavy atom. The average molecular weight is 429 g/mol. The van der Waals surface area contributed by atoms with Crippen molar-refractivity contribution < 1.29 is 23.6 Å². The van der Waals surface area contributed by atoms with Gasteiger partial charge in [-0.3, -0.25) is 10.1 Å². The first-order chi connectivity index (χ1) is 14.5. The second kappa shape index (κ2) is 9.93. The molecule has 156 valence electrons. The van der Waals surface area contributed by atoms with Gasteiger partial charge in [0, 0.05) is 10.6 Å². The molecule has 0 unspecified atom stereocenters. The highest BCUT2D eigenvalue weighted by Gasteiger charge is 2.26. The maximum atomic E-state index is 12.5. The van der Waals surface area contributed by atoms with Crippen molar-refractivity contribution in [2.75, 3.05) is 18.5 Å². The third kappa shape index (κ3) is 5.39. The Morgan fingerprint density at radius 1 is 1.10 bits per heavy atom. The Labute approximate surface area is 178 Å². The first-order valence-corrected chi connectivity index (χ1v) is 9.77. The van der Waals surface area contributed by atoms with Crippen molar-refractivity contribution in [1.82, 2.24) is 5.16 Å². The number of aryl methyl sites for hydroxylation is 1. The molecular formula is C22H21ClN2O5. The van der Waals surface area contributed by atoms with Gasteiger partial charge in [0.05, 0.1) is 19.6 Å². The molecule has 0 aliphatic carbocycles. The van der Waals surface area contributed by atoms with Crippen molar-refractivity contribution in [2.24, 2.45) is 0 Å². The van der Waals surface area contributed by atoms with Crippen molar-refractivity contribution in [3.8, 4) is 17.0 Å². The van der Waals surface area contributed by atoms with Gasteiger partial charge in [0.2, 0.25) is 11.8 Å². The molecule has 7 nitrogen and oxygen atoms in total. The lowest BCUT2D eigenvalue weighted by Gasteiger charge is -2.07. The maximum absolute atomic E-state index is 12.5. The molecule has 0 bridgehead atoms. The van der Waals surface area contributed by atoms with Gasteiger partial charge in [-0.05, 0) is 38.1 Å². The molecule has 1 heterocycles. The molecule has 0 saturated heterocycles. The third-order valence-electron chi connectivity index (χ3n) is 4.16. The van der Waals surface area contributed by atoms with Crippen LogP contribution in [0.4, 0.5) is 5.88 Å². The van der Waals surface area contributed by atoms with E-state index in [9.17, 15) is 9.59 Å². The topological polar surface area (TPSA) is 90.7 Å². The lowest BCUT2D eigenvalue weighted by atomic mass is 10.1. The standard InChI is InChI=1S/C22H21ClN2O5/c1-3-28-22(27)19-20(15-6-8-16(23)9-7-15)25-30-21(19)24-18(26)12-13-29-17-10-4-14(2)5-11-17/h4-11H,3,12-13H2,1-2H3,(H,24,26). The van der Waals surface area contributed by atoms with Crippen LogP contribution >= 0.6 is 11.6 Å². The van der Waals surface area contributed by atoms with Crippen LogP contribution < -0.4 is 10.1 Å². The van der Waals surface area contributed by atoms with E-state index in [0.717, 1.165) is 5.56 Å². The minimum atomic E-state index is -0.644. The molecule has 0 spiro atoms. The van der Waals surface area contributed by atoms with Crippen LogP contribution in [-0.4, -0.2) is 30.2 Å². The molecule has 30 heavy (non-hydrogen) atoms. The Morgan fingerprint density at radius 2 is 1.80 bits per heavy atom. The molecular weight excluding hydrogens is 408 g/mol. The zero-order valence-electron chi connectivity index (χ0n) is 16.6. The summed E-state index contributed by atoms with van der Waals surface area (Å²) in [6.45, 7) is 4.01. The number of nitrogens with zero attached hydrogens (tertiary/aromatic N) is 1. The summed E-state index contributed by atoms with van der Waals surface area (Å²) in [4.78, 5) is 24.8. The Balaban J connectivity index is 1.71. The van der Waals surface area contributed by atoms with Gasteiger partial charge in [-0.15, -0.1) is 0 Å². The van der Waals surface area contributed by atoms with Crippen molar-refractivity contribution in [3.63, 3.8) is 0 Å². The van der Waals surface area contributed by atoms with E-state index in [0.29, 0.717) is 16.3 Å². The summed E-state index contributed by atoms with van der Waals surface area (Å²) in [6.07, 6.45) is 0.0626. The van der Waals surface area contributed by atoms with Crippen LogP contribution in [0.15, 0.2) is 53.1 Å². The van der Waals surface area contributed by atoms with Gasteiger partial charge in [-0.1, -0.05) is 46.6 Å². The van der Waals surface area contributed by atoms with E-state index in [4.69, 9.17) is 25.6 Å². The van der Waals surface area contributed by atoms with E-state index in [-0.39, 0.29) is 42.7 Å². The summed E-state index contributed by atoms with van der Waals surface area (Å²) in [7, 11) is 0. The average Bonchev–Trinajstić information content (AvgIpc) is 3.13. The smallest absolute Gasteiger partial charge is 0.346 e. The van der Waals surface area contributed by atoms with Crippen LogP contribution in [0.3, 0.4) is 0 Å². The number of carbonyl (C=O) groups is 2. The molecule has 0 atom stereocenters. The van der Waals surface area contributed by atoms with Gasteiger partial charge in [-0.2, -0.15) is 0 Å². The van der Waals surface area contributed by atoms with Gasteiger partial charge in [0.1, 0.15) is 11.4 Å². The van der Waals surface area contributed by atoms with E-state index in [2.05, 4.69) is 10.5 Å². The van der Waals surface area contributed by atoms with Crippen LogP contribution in [0.1, 0.15) is 29.3 Å². The number of benzene rings is 2. The first-order valence-electron chi connectivity index (χ1n) is 9.40. The highest BCUT2D eigenvalue weighted by molar-refractivity contribution is 6.30. The van der Waals surface area contributed by atoms with Crippen LogP contribution in [0, 0.1) is 6.92 Å². The number of rotatable bonds is 8.